The maximum Gasteiger partial charge on any atom is 0.233 e. The highest BCUT2D eigenvalue weighted by Gasteiger charge is 2.34. The molecule has 0 bridgehead atoms. The first kappa shape index (κ1) is 79.4. The Morgan fingerprint density at radius 1 is 0.583 bits per heavy atom. The van der Waals surface area contributed by atoms with Crippen molar-refractivity contribution < 1.29 is 8.83 Å². The maximum absolute atomic E-state index is 6.17. The van der Waals surface area contributed by atoms with Crippen molar-refractivity contribution >= 4 is 0 Å². The molecule has 0 aromatic carbocycles. The lowest BCUT2D eigenvalue weighted by molar-refractivity contribution is 0.157. The third-order valence-electron chi connectivity index (χ3n) is 15.4. The van der Waals surface area contributed by atoms with Crippen molar-refractivity contribution in [3.63, 3.8) is 0 Å². The summed E-state index contributed by atoms with van der Waals surface area (Å²) in [7, 11) is 2.25. The van der Waals surface area contributed by atoms with E-state index in [4.69, 9.17) is 8.83 Å². The van der Waals surface area contributed by atoms with E-state index in [0.29, 0.717) is 50.4 Å². The summed E-state index contributed by atoms with van der Waals surface area (Å²) in [5, 5.41) is 20.8. The first-order chi connectivity index (χ1) is 38.5. The summed E-state index contributed by atoms with van der Waals surface area (Å²) in [5.41, 5.74) is 4.04. The van der Waals surface area contributed by atoms with E-state index in [2.05, 4.69) is 234 Å². The third kappa shape index (κ3) is 43.1. The highest BCUT2D eigenvalue weighted by atomic mass is 16.4. The van der Waals surface area contributed by atoms with Crippen LogP contribution in [-0.4, -0.2) is 85.3 Å². The Morgan fingerprint density at radius 2 is 1.14 bits per heavy atom. The van der Waals surface area contributed by atoms with Gasteiger partial charge < -0.3 is 19.1 Å². The Labute approximate surface area is 522 Å². The fraction of sp³-hybridized carbons (Fsp3) is 0.904. The summed E-state index contributed by atoms with van der Waals surface area (Å²) in [6.07, 6.45) is 31.2. The number of rotatable bonds is 29. The summed E-state index contributed by atoms with van der Waals surface area (Å²) in [5.74, 6) is 4.59. The van der Waals surface area contributed by atoms with E-state index < -0.39 is 0 Å². The predicted molar refractivity (Wildman–Crippen MR) is 363 cm³/mol. The van der Waals surface area contributed by atoms with Gasteiger partial charge in [-0.1, -0.05) is 209 Å². The van der Waals surface area contributed by atoms with Crippen LogP contribution >= 0.6 is 0 Å². The highest BCUT2D eigenvalue weighted by molar-refractivity contribution is 5.03. The molecule has 1 aliphatic heterocycles. The van der Waals surface area contributed by atoms with E-state index in [9.17, 15) is 0 Å². The minimum absolute atomic E-state index is 0.199. The summed E-state index contributed by atoms with van der Waals surface area (Å²) in [6, 6.07) is 0.311. The average Bonchev–Trinajstić information content (AvgIpc) is 3.22. The van der Waals surface area contributed by atoms with Gasteiger partial charge in [0.1, 0.15) is 5.76 Å². The number of aryl methyl sites for hydroxylation is 2. The zero-order valence-corrected chi connectivity index (χ0v) is 61.1. The molecule has 4 heterocycles. The second kappa shape index (κ2) is 37.4. The maximum atomic E-state index is 6.17. The SMILES string of the molecule is CC(C)(C)CCCCn1cc(CCCNC(C)(C)C)nn1.CCC(CCC(C)(C)C)c1nnc([C@@H]2CCCN2CC(C)(C)C)o1.CCC(CCCCC(C)(C)C)c1cnc(CC(C)(C)C)o1.CN(CCCCCCCC(C)(C)C)CC(C)(C)C. The molecule has 0 amide bonds. The predicted octanol–water partition coefficient (Wildman–Crippen LogP) is 21.1. The van der Waals surface area contributed by atoms with E-state index >= 15 is 0 Å². The Bertz CT molecular complexity index is 2060. The van der Waals surface area contributed by atoms with Crippen molar-refractivity contribution in [3.8, 4) is 0 Å². The molecular formula is C73H143N9O2. The molecule has 0 aliphatic carbocycles. The van der Waals surface area contributed by atoms with Crippen LogP contribution in [0, 0.1) is 37.9 Å². The van der Waals surface area contributed by atoms with Gasteiger partial charge in [-0.15, -0.1) is 15.3 Å². The van der Waals surface area contributed by atoms with Gasteiger partial charge in [-0.25, -0.2) is 4.98 Å². The van der Waals surface area contributed by atoms with Crippen LogP contribution in [0.5, 0.6) is 0 Å². The number of aromatic nitrogens is 6. The molecule has 3 aromatic rings. The number of hydrogen-bond acceptors (Lipinski definition) is 10. The number of nitrogens with zero attached hydrogens (tertiary/aromatic N) is 8. The molecule has 4 rings (SSSR count). The van der Waals surface area contributed by atoms with Crippen LogP contribution in [0.2, 0.25) is 0 Å². The van der Waals surface area contributed by atoms with Gasteiger partial charge in [0.2, 0.25) is 11.8 Å². The second-order valence-electron chi connectivity index (χ2n) is 35.3. The van der Waals surface area contributed by atoms with Crippen LogP contribution in [0.4, 0.5) is 0 Å². The Balaban J connectivity index is 0.000000563. The highest BCUT2D eigenvalue weighted by Crippen LogP contribution is 2.37. The van der Waals surface area contributed by atoms with Crippen LogP contribution < -0.4 is 5.32 Å². The Morgan fingerprint density at radius 3 is 1.68 bits per heavy atom. The molecule has 11 heteroatoms. The van der Waals surface area contributed by atoms with Crippen LogP contribution in [0.3, 0.4) is 0 Å². The molecule has 3 atom stereocenters. The van der Waals surface area contributed by atoms with Crippen molar-refractivity contribution in [1.29, 1.82) is 0 Å². The standard InChI is InChI=1S/C20H37N3O.C19H35NO.C17H34N4.C17H37N/c1-8-15(11-12-19(2,3)4)17-21-22-18(24-17)16-10-9-13-23(16)14-20(5,6)7;1-8-15(11-9-10-12-18(2,3)4)16-14-20-17(21-16)13-19(5,6)7;1-16(2,3)11-7-8-13-21-14-15(19-20-21)10-9-12-18-17(4,5)6;1-16(2,3)13-11-9-8-10-12-14-18(7)15-17(4,5)6/h15-16H,8-14H2,1-7H3;14-15H,8-13H2,1-7H3;14,18H,7-13H2,1-6H3;8-15H2,1-7H3/t15?,16-;;;/m0.../s1. The van der Waals surface area contributed by atoms with Crippen molar-refractivity contribution in [1.82, 2.24) is 45.3 Å². The first-order valence-corrected chi connectivity index (χ1v) is 34.3. The minimum atomic E-state index is 0.199. The third-order valence-corrected chi connectivity index (χ3v) is 15.4. The molecule has 0 radical (unpaired) electrons. The minimum Gasteiger partial charge on any atom is -0.445 e. The number of hydrogen-bond donors (Lipinski definition) is 1. The summed E-state index contributed by atoms with van der Waals surface area (Å²) in [4.78, 5) is 9.47. The molecule has 2 unspecified atom stereocenters. The van der Waals surface area contributed by atoms with E-state index in [1.54, 1.807) is 0 Å². The normalized spacial score (nSPS) is 15.8. The average molecular weight is 1180 g/mol. The quantitative estimate of drug-likeness (QED) is 0.0674. The molecule has 3 aromatic heterocycles. The van der Waals surface area contributed by atoms with Crippen LogP contribution in [0.15, 0.2) is 21.2 Å². The van der Waals surface area contributed by atoms with Gasteiger partial charge in [0, 0.05) is 49.6 Å². The summed E-state index contributed by atoms with van der Waals surface area (Å²) >= 11 is 0. The topological polar surface area (TPSA) is 114 Å². The fourth-order valence-corrected chi connectivity index (χ4v) is 10.9. The lowest BCUT2D eigenvalue weighted by atomic mass is 9.86. The molecule has 1 fully saturated rings. The fourth-order valence-electron chi connectivity index (χ4n) is 10.9. The van der Waals surface area contributed by atoms with E-state index in [-0.39, 0.29) is 11.0 Å². The number of nitrogens with one attached hydrogen (secondary N) is 1. The lowest BCUT2D eigenvalue weighted by Gasteiger charge is -2.29. The number of oxazole rings is 1. The molecule has 1 N–H and O–H groups in total. The molecule has 492 valence electrons. The number of unbranched alkanes of at least 4 members (excludes halogenated alkanes) is 6. The van der Waals surface area contributed by atoms with Gasteiger partial charge in [0.25, 0.3) is 0 Å². The second-order valence-corrected chi connectivity index (χ2v) is 35.3. The molecule has 0 saturated carbocycles. The molecule has 1 aliphatic rings. The molecule has 1 saturated heterocycles. The van der Waals surface area contributed by atoms with E-state index in [1.165, 1.54) is 109 Å². The van der Waals surface area contributed by atoms with Gasteiger partial charge >= 0.3 is 0 Å². The smallest absolute Gasteiger partial charge is 0.233 e. The van der Waals surface area contributed by atoms with E-state index in [1.807, 2.05) is 10.9 Å². The van der Waals surface area contributed by atoms with Crippen molar-refractivity contribution in [2.24, 2.45) is 37.9 Å². The zero-order chi connectivity index (χ0) is 64.2. The van der Waals surface area contributed by atoms with Crippen molar-refractivity contribution in [2.75, 3.05) is 39.8 Å². The lowest BCUT2D eigenvalue weighted by Crippen LogP contribution is -2.36. The largest absolute Gasteiger partial charge is 0.445 e. The Hall–Kier alpha value is -2.63. The molecule has 0 spiro atoms. The number of likely N-dealkylation sites (tertiary alicyclic amines) is 1. The zero-order valence-electron chi connectivity index (χ0n) is 61.1. The van der Waals surface area contributed by atoms with E-state index in [0.717, 1.165) is 100 Å². The van der Waals surface area contributed by atoms with Gasteiger partial charge in [-0.2, -0.15) is 0 Å². The summed E-state index contributed by atoms with van der Waals surface area (Å²) in [6.45, 7) is 66.0. The first-order valence-electron chi connectivity index (χ1n) is 34.3. The van der Waals surface area contributed by atoms with Gasteiger partial charge in [-0.3, -0.25) is 9.58 Å². The van der Waals surface area contributed by atoms with Gasteiger partial charge in [-0.05, 0) is 175 Å². The van der Waals surface area contributed by atoms with Crippen LogP contribution in [-0.2, 0) is 19.4 Å². The van der Waals surface area contributed by atoms with Gasteiger partial charge in [0.15, 0.2) is 5.89 Å². The van der Waals surface area contributed by atoms with Crippen molar-refractivity contribution in [2.45, 2.75) is 351 Å². The van der Waals surface area contributed by atoms with Gasteiger partial charge in [0.05, 0.1) is 17.9 Å². The van der Waals surface area contributed by atoms with Crippen LogP contribution in [0.1, 0.15) is 355 Å². The molecule has 11 nitrogen and oxygen atoms in total. The van der Waals surface area contributed by atoms with Crippen LogP contribution in [0.25, 0.3) is 0 Å². The molecule has 84 heavy (non-hydrogen) atoms. The Kier molecular flexibility index (Phi) is 35.3. The monoisotopic (exact) mass is 1180 g/mol. The molecular weight excluding hydrogens is 1030 g/mol. The van der Waals surface area contributed by atoms with Crippen molar-refractivity contribution in [3.05, 3.63) is 41.5 Å². The summed E-state index contributed by atoms with van der Waals surface area (Å²) < 4.78 is 14.2.